The van der Waals surface area contributed by atoms with Gasteiger partial charge in [0.15, 0.2) is 0 Å². The number of halogens is 1. The van der Waals surface area contributed by atoms with Gasteiger partial charge >= 0.3 is 0 Å². The molecule has 0 aliphatic carbocycles. The first-order valence-electron chi connectivity index (χ1n) is 7.78. The van der Waals surface area contributed by atoms with Gasteiger partial charge in [-0.1, -0.05) is 6.07 Å². The fourth-order valence-electron chi connectivity index (χ4n) is 2.62. The molecule has 24 heavy (non-hydrogen) atoms. The molecule has 1 aromatic carbocycles. The highest BCUT2D eigenvalue weighted by atomic mass is 32.2. The summed E-state index contributed by atoms with van der Waals surface area (Å²) in [6.45, 7) is 5.36. The lowest BCUT2D eigenvalue weighted by Gasteiger charge is -2.32. The van der Waals surface area contributed by atoms with Crippen molar-refractivity contribution in [3.63, 3.8) is 0 Å². The zero-order valence-electron chi connectivity index (χ0n) is 13.9. The number of hydrogen-bond acceptors (Lipinski definition) is 5. The summed E-state index contributed by atoms with van der Waals surface area (Å²) in [6.07, 6.45) is 0. The lowest BCUT2D eigenvalue weighted by Crippen LogP contribution is -2.46. The molecule has 0 amide bonds. The Hall–Kier alpha value is -1.53. The molecule has 8 heteroatoms. The van der Waals surface area contributed by atoms with Crippen LogP contribution in [0.25, 0.3) is 0 Å². The van der Waals surface area contributed by atoms with E-state index in [9.17, 15) is 12.8 Å². The van der Waals surface area contributed by atoms with Gasteiger partial charge in [0, 0.05) is 32.7 Å². The van der Waals surface area contributed by atoms with Crippen LogP contribution < -0.4 is 0 Å². The molecule has 6 nitrogen and oxygen atoms in total. The van der Waals surface area contributed by atoms with Crippen LogP contribution >= 0.6 is 0 Å². The van der Waals surface area contributed by atoms with Crippen LogP contribution in [0.2, 0.25) is 0 Å². The largest absolute Gasteiger partial charge is 0.379 e. The number of hydrogen-bond donors (Lipinski definition) is 0. The van der Waals surface area contributed by atoms with E-state index in [1.807, 2.05) is 13.0 Å². The predicted molar refractivity (Wildman–Crippen MR) is 88.2 cm³/mol. The number of ether oxygens (including phenoxy) is 1. The second-order valence-corrected chi connectivity index (χ2v) is 7.98. The van der Waals surface area contributed by atoms with Gasteiger partial charge in [0.1, 0.15) is 5.82 Å². The molecule has 132 valence electrons. The van der Waals surface area contributed by atoms with E-state index in [1.165, 1.54) is 23.5 Å². The number of nitrogens with zero attached hydrogens (tertiary/aromatic N) is 3. The van der Waals surface area contributed by atoms with E-state index < -0.39 is 15.8 Å². The Morgan fingerprint density at radius 2 is 2.08 bits per heavy atom. The maximum Gasteiger partial charge on any atom is 0.218 e. The highest BCUT2D eigenvalue weighted by molar-refractivity contribution is 7.88. The molecular formula is C16H22FN3O3S. The first-order valence-corrected chi connectivity index (χ1v) is 9.38. The average Bonchev–Trinajstić information content (AvgIpc) is 2.56. The Bertz CT molecular complexity index is 712. The van der Waals surface area contributed by atoms with Crippen LogP contribution in [0.3, 0.4) is 0 Å². The van der Waals surface area contributed by atoms with Crippen molar-refractivity contribution < 1.29 is 17.5 Å². The molecule has 1 saturated heterocycles. The SMILES string of the molecule is CC(CN1CCOCC1)N(C)S(=O)(=O)Cc1ccc(F)cc1C#N. The first kappa shape index (κ1) is 18.8. The van der Waals surface area contributed by atoms with Crippen LogP contribution in [0.4, 0.5) is 4.39 Å². The first-order chi connectivity index (χ1) is 11.3. The number of nitriles is 1. The average molecular weight is 355 g/mol. The summed E-state index contributed by atoms with van der Waals surface area (Å²) >= 11 is 0. The summed E-state index contributed by atoms with van der Waals surface area (Å²) in [5.41, 5.74) is 0.358. The highest BCUT2D eigenvalue weighted by Crippen LogP contribution is 2.17. The molecule has 0 spiro atoms. The molecule has 1 heterocycles. The van der Waals surface area contributed by atoms with E-state index in [-0.39, 0.29) is 17.4 Å². The second-order valence-electron chi connectivity index (χ2n) is 5.95. The van der Waals surface area contributed by atoms with Crippen LogP contribution in [0.1, 0.15) is 18.1 Å². The van der Waals surface area contributed by atoms with Crippen LogP contribution in [0.15, 0.2) is 18.2 Å². The molecule has 1 aromatic rings. The quantitative estimate of drug-likeness (QED) is 0.766. The maximum atomic E-state index is 13.2. The smallest absolute Gasteiger partial charge is 0.218 e. The van der Waals surface area contributed by atoms with Crippen LogP contribution in [0, 0.1) is 17.1 Å². The van der Waals surface area contributed by atoms with Gasteiger partial charge in [-0.25, -0.2) is 17.1 Å². The third kappa shape index (κ3) is 4.74. The number of rotatable bonds is 6. The van der Waals surface area contributed by atoms with Gasteiger partial charge in [-0.05, 0) is 24.6 Å². The molecule has 1 unspecified atom stereocenters. The molecule has 0 N–H and O–H groups in total. The van der Waals surface area contributed by atoms with Gasteiger partial charge in [-0.3, -0.25) is 4.90 Å². The summed E-state index contributed by atoms with van der Waals surface area (Å²) in [6, 6.07) is 5.22. The van der Waals surface area contributed by atoms with E-state index in [0.717, 1.165) is 19.2 Å². The van der Waals surface area contributed by atoms with E-state index in [0.29, 0.717) is 25.3 Å². The Kier molecular flexibility index (Phi) is 6.29. The van der Waals surface area contributed by atoms with Gasteiger partial charge < -0.3 is 4.74 Å². The molecular weight excluding hydrogens is 333 g/mol. The maximum absolute atomic E-state index is 13.2. The van der Waals surface area contributed by atoms with Crippen molar-refractivity contribution in [2.24, 2.45) is 0 Å². The Morgan fingerprint density at radius 3 is 2.71 bits per heavy atom. The summed E-state index contributed by atoms with van der Waals surface area (Å²) in [5.74, 6) is -0.873. The van der Waals surface area contributed by atoms with Gasteiger partial charge in [0.2, 0.25) is 10.0 Å². The number of sulfonamides is 1. The minimum atomic E-state index is -3.61. The Labute approximate surface area is 142 Å². The van der Waals surface area contributed by atoms with Gasteiger partial charge in [0.05, 0.1) is 30.6 Å². The van der Waals surface area contributed by atoms with Crippen molar-refractivity contribution in [3.8, 4) is 6.07 Å². The van der Waals surface area contributed by atoms with Crippen LogP contribution in [-0.4, -0.2) is 63.6 Å². The van der Waals surface area contributed by atoms with Crippen molar-refractivity contribution in [2.45, 2.75) is 18.7 Å². The van der Waals surface area contributed by atoms with Gasteiger partial charge in [-0.15, -0.1) is 0 Å². The summed E-state index contributed by atoms with van der Waals surface area (Å²) in [5, 5.41) is 9.06. The lowest BCUT2D eigenvalue weighted by atomic mass is 10.1. The molecule has 1 aliphatic heterocycles. The van der Waals surface area contributed by atoms with Crippen molar-refractivity contribution in [1.29, 1.82) is 5.26 Å². The van der Waals surface area contributed by atoms with E-state index in [1.54, 1.807) is 0 Å². The Balaban J connectivity index is 2.07. The Morgan fingerprint density at radius 1 is 1.42 bits per heavy atom. The molecule has 1 atom stereocenters. The van der Waals surface area contributed by atoms with Crippen LogP contribution in [0.5, 0.6) is 0 Å². The normalized spacial score (nSPS) is 17.6. The molecule has 0 radical (unpaired) electrons. The van der Waals surface area contributed by atoms with Crippen molar-refractivity contribution in [1.82, 2.24) is 9.21 Å². The fourth-order valence-corrected chi connectivity index (χ4v) is 4.09. The minimum Gasteiger partial charge on any atom is -0.379 e. The number of benzene rings is 1. The lowest BCUT2D eigenvalue weighted by molar-refractivity contribution is 0.0314. The number of morpholine rings is 1. The van der Waals surface area contributed by atoms with E-state index >= 15 is 0 Å². The molecule has 1 fully saturated rings. The zero-order valence-corrected chi connectivity index (χ0v) is 14.7. The van der Waals surface area contributed by atoms with Crippen molar-refractivity contribution in [2.75, 3.05) is 39.9 Å². The van der Waals surface area contributed by atoms with E-state index in [4.69, 9.17) is 10.00 Å². The topological polar surface area (TPSA) is 73.6 Å². The predicted octanol–water partition coefficient (Wildman–Crippen LogP) is 1.18. The molecule has 0 saturated carbocycles. The number of likely N-dealkylation sites (N-methyl/N-ethyl adjacent to an activating group) is 1. The third-order valence-corrected chi connectivity index (χ3v) is 6.13. The van der Waals surface area contributed by atoms with Crippen molar-refractivity contribution in [3.05, 3.63) is 35.1 Å². The molecule has 0 bridgehead atoms. The molecule has 0 aromatic heterocycles. The van der Waals surface area contributed by atoms with E-state index in [2.05, 4.69) is 4.90 Å². The van der Waals surface area contributed by atoms with Gasteiger partial charge in [0.25, 0.3) is 0 Å². The summed E-state index contributed by atoms with van der Waals surface area (Å²) < 4.78 is 45.0. The summed E-state index contributed by atoms with van der Waals surface area (Å²) in [4.78, 5) is 2.17. The molecule has 2 rings (SSSR count). The van der Waals surface area contributed by atoms with Crippen molar-refractivity contribution >= 4 is 10.0 Å². The molecule has 1 aliphatic rings. The fraction of sp³-hybridized carbons (Fsp3) is 0.562. The summed E-state index contributed by atoms with van der Waals surface area (Å²) in [7, 11) is -2.07. The van der Waals surface area contributed by atoms with Crippen LogP contribution in [-0.2, 0) is 20.5 Å². The standard InChI is InChI=1S/C16H22FN3O3S/c1-13(11-20-5-7-23-8-6-20)19(2)24(21,22)12-14-3-4-16(17)9-15(14)10-18/h3-4,9,13H,5-8,11-12H2,1-2H3. The van der Waals surface area contributed by atoms with Gasteiger partial charge in [-0.2, -0.15) is 5.26 Å². The third-order valence-electron chi connectivity index (χ3n) is 4.22. The second kappa shape index (κ2) is 8.03. The zero-order chi connectivity index (χ0) is 17.7. The monoisotopic (exact) mass is 355 g/mol. The minimum absolute atomic E-state index is 0.0489. The highest BCUT2D eigenvalue weighted by Gasteiger charge is 2.26.